The van der Waals surface area contributed by atoms with E-state index in [1.54, 1.807) is 31.3 Å². The van der Waals surface area contributed by atoms with Crippen molar-refractivity contribution in [2.75, 3.05) is 26.7 Å². The fraction of sp³-hybridized carbons (Fsp3) is 0.364. The summed E-state index contributed by atoms with van der Waals surface area (Å²) in [7, 11) is 1.59. The SMILES string of the molecule is CCNC(=NCc1ccccc1OCC(F)(F)F)NCCc1cccc(C(=O)NC)c1.I. The van der Waals surface area contributed by atoms with Gasteiger partial charge in [0.25, 0.3) is 5.91 Å². The van der Waals surface area contributed by atoms with Gasteiger partial charge in [0.05, 0.1) is 6.54 Å². The topological polar surface area (TPSA) is 74.8 Å². The zero-order chi connectivity index (χ0) is 22.7. The van der Waals surface area contributed by atoms with Crippen molar-refractivity contribution in [2.24, 2.45) is 4.99 Å². The molecule has 2 aromatic rings. The normalized spacial score (nSPS) is 11.3. The van der Waals surface area contributed by atoms with Gasteiger partial charge in [-0.3, -0.25) is 4.79 Å². The van der Waals surface area contributed by atoms with Gasteiger partial charge < -0.3 is 20.7 Å². The van der Waals surface area contributed by atoms with Crippen LogP contribution in [0.1, 0.15) is 28.4 Å². The standard InChI is InChI=1S/C22H27F3N4O2.HI/c1-3-27-21(28-12-11-16-7-6-9-17(13-16)20(30)26-2)29-14-18-8-4-5-10-19(18)31-15-22(23,24)25;/h4-10,13H,3,11-12,14-15H2,1-2H3,(H,26,30)(H2,27,28,29);1H. The number of para-hydroxylation sites is 1. The van der Waals surface area contributed by atoms with Gasteiger partial charge in [-0.05, 0) is 37.1 Å². The molecule has 176 valence electrons. The summed E-state index contributed by atoms with van der Waals surface area (Å²) in [5.41, 5.74) is 2.15. The van der Waals surface area contributed by atoms with Crippen LogP contribution in [0.15, 0.2) is 53.5 Å². The summed E-state index contributed by atoms with van der Waals surface area (Å²) >= 11 is 0. The summed E-state index contributed by atoms with van der Waals surface area (Å²) in [5, 5.41) is 8.90. The molecule has 32 heavy (non-hydrogen) atoms. The second kappa shape index (κ2) is 13.8. The van der Waals surface area contributed by atoms with E-state index >= 15 is 0 Å². The lowest BCUT2D eigenvalue weighted by Crippen LogP contribution is -2.38. The third-order valence-corrected chi connectivity index (χ3v) is 4.24. The predicted octanol–water partition coefficient (Wildman–Crippen LogP) is 3.90. The highest BCUT2D eigenvalue weighted by Crippen LogP contribution is 2.22. The molecule has 2 rings (SSSR count). The van der Waals surface area contributed by atoms with Crippen LogP contribution >= 0.6 is 24.0 Å². The lowest BCUT2D eigenvalue weighted by Gasteiger charge is -2.14. The summed E-state index contributed by atoms with van der Waals surface area (Å²) in [5.74, 6) is 0.553. The van der Waals surface area contributed by atoms with Crippen LogP contribution in [0.4, 0.5) is 13.2 Å². The number of aliphatic imine (C=N–C) groups is 1. The maximum atomic E-state index is 12.5. The van der Waals surface area contributed by atoms with Gasteiger partial charge in [-0.15, -0.1) is 24.0 Å². The number of amides is 1. The molecule has 0 aliphatic carbocycles. The van der Waals surface area contributed by atoms with E-state index in [0.717, 1.165) is 5.56 Å². The monoisotopic (exact) mass is 564 g/mol. The summed E-state index contributed by atoms with van der Waals surface area (Å²) in [6.07, 6.45) is -3.73. The number of hydrogen-bond acceptors (Lipinski definition) is 3. The molecule has 0 saturated carbocycles. The zero-order valence-electron chi connectivity index (χ0n) is 18.0. The molecule has 6 nitrogen and oxygen atoms in total. The van der Waals surface area contributed by atoms with Crippen LogP contribution in [0.25, 0.3) is 0 Å². The number of carbonyl (C=O) groups is 1. The first-order chi connectivity index (χ1) is 14.8. The maximum absolute atomic E-state index is 12.5. The Labute approximate surface area is 203 Å². The molecule has 2 aromatic carbocycles. The minimum atomic E-state index is -4.40. The molecule has 0 unspecified atom stereocenters. The molecule has 0 fully saturated rings. The molecule has 0 aliphatic heterocycles. The van der Waals surface area contributed by atoms with Gasteiger partial charge in [0.2, 0.25) is 0 Å². The highest BCUT2D eigenvalue weighted by atomic mass is 127. The van der Waals surface area contributed by atoms with Crippen LogP contribution < -0.4 is 20.7 Å². The molecule has 0 bridgehead atoms. The fourth-order valence-corrected chi connectivity index (χ4v) is 2.78. The van der Waals surface area contributed by atoms with Crippen LogP contribution in [-0.4, -0.2) is 44.8 Å². The van der Waals surface area contributed by atoms with E-state index in [9.17, 15) is 18.0 Å². The quantitative estimate of drug-likeness (QED) is 0.246. The van der Waals surface area contributed by atoms with E-state index < -0.39 is 12.8 Å². The molecular weight excluding hydrogens is 536 g/mol. The van der Waals surface area contributed by atoms with Gasteiger partial charge in [0, 0.05) is 31.3 Å². The van der Waals surface area contributed by atoms with Crippen molar-refractivity contribution in [3.8, 4) is 5.75 Å². The largest absolute Gasteiger partial charge is 0.484 e. The molecule has 0 heterocycles. The Hall–Kier alpha value is -2.50. The molecule has 10 heteroatoms. The number of alkyl halides is 3. The average molecular weight is 564 g/mol. The van der Waals surface area contributed by atoms with Crippen molar-refractivity contribution in [3.63, 3.8) is 0 Å². The number of halogens is 4. The van der Waals surface area contributed by atoms with Gasteiger partial charge in [0.15, 0.2) is 12.6 Å². The number of carbonyl (C=O) groups excluding carboxylic acids is 1. The van der Waals surface area contributed by atoms with E-state index in [1.807, 2.05) is 25.1 Å². The Morgan fingerprint density at radius 1 is 1.09 bits per heavy atom. The Bertz CT molecular complexity index is 891. The van der Waals surface area contributed by atoms with E-state index in [0.29, 0.717) is 36.6 Å². The minimum absolute atomic E-state index is 0. The van der Waals surface area contributed by atoms with Crippen molar-refractivity contribution in [2.45, 2.75) is 26.1 Å². The number of nitrogens with zero attached hydrogens (tertiary/aromatic N) is 1. The Kier molecular flexibility index (Phi) is 11.9. The van der Waals surface area contributed by atoms with Crippen molar-refractivity contribution in [1.82, 2.24) is 16.0 Å². The summed E-state index contributed by atoms with van der Waals surface area (Å²) in [4.78, 5) is 16.2. The zero-order valence-corrected chi connectivity index (χ0v) is 20.3. The number of guanidine groups is 1. The molecule has 1 amide bonds. The average Bonchev–Trinajstić information content (AvgIpc) is 2.75. The van der Waals surface area contributed by atoms with Crippen LogP contribution in [-0.2, 0) is 13.0 Å². The molecule has 0 aromatic heterocycles. The Balaban J connectivity index is 0.00000512. The molecule has 3 N–H and O–H groups in total. The van der Waals surface area contributed by atoms with Gasteiger partial charge >= 0.3 is 6.18 Å². The van der Waals surface area contributed by atoms with Gasteiger partial charge in [-0.25, -0.2) is 4.99 Å². The molecule has 0 saturated heterocycles. The molecule has 0 spiro atoms. The lowest BCUT2D eigenvalue weighted by atomic mass is 10.1. The Morgan fingerprint density at radius 2 is 1.84 bits per heavy atom. The van der Waals surface area contributed by atoms with Crippen molar-refractivity contribution in [1.29, 1.82) is 0 Å². The van der Waals surface area contributed by atoms with Gasteiger partial charge in [-0.1, -0.05) is 30.3 Å². The van der Waals surface area contributed by atoms with E-state index in [2.05, 4.69) is 20.9 Å². The summed E-state index contributed by atoms with van der Waals surface area (Å²) < 4.78 is 42.3. The van der Waals surface area contributed by atoms with Crippen molar-refractivity contribution < 1.29 is 22.7 Å². The lowest BCUT2D eigenvalue weighted by molar-refractivity contribution is -0.153. The first kappa shape index (κ1) is 27.5. The number of nitrogens with one attached hydrogen (secondary N) is 3. The summed E-state index contributed by atoms with van der Waals surface area (Å²) in [6.45, 7) is 1.93. The van der Waals surface area contributed by atoms with Gasteiger partial charge in [-0.2, -0.15) is 13.2 Å². The smallest absolute Gasteiger partial charge is 0.422 e. The number of hydrogen-bond donors (Lipinski definition) is 3. The second-order valence-electron chi connectivity index (χ2n) is 6.66. The van der Waals surface area contributed by atoms with E-state index in [-0.39, 0.29) is 42.2 Å². The van der Waals surface area contributed by atoms with Crippen LogP contribution in [0.3, 0.4) is 0 Å². The Morgan fingerprint density at radius 3 is 2.53 bits per heavy atom. The van der Waals surface area contributed by atoms with Gasteiger partial charge in [0.1, 0.15) is 5.75 Å². The summed E-state index contributed by atoms with van der Waals surface area (Å²) in [6, 6.07) is 13.9. The molecule has 0 radical (unpaired) electrons. The van der Waals surface area contributed by atoms with Crippen molar-refractivity contribution >= 4 is 35.8 Å². The van der Waals surface area contributed by atoms with Crippen LogP contribution in [0.5, 0.6) is 5.75 Å². The predicted molar refractivity (Wildman–Crippen MR) is 130 cm³/mol. The minimum Gasteiger partial charge on any atom is -0.484 e. The number of benzene rings is 2. The molecular formula is C22H28F3IN4O2. The third kappa shape index (κ3) is 9.75. The van der Waals surface area contributed by atoms with Crippen LogP contribution in [0.2, 0.25) is 0 Å². The first-order valence-corrected chi connectivity index (χ1v) is 9.93. The fourth-order valence-electron chi connectivity index (χ4n) is 2.78. The van der Waals surface area contributed by atoms with Crippen molar-refractivity contribution in [3.05, 3.63) is 65.2 Å². The number of ether oxygens (including phenoxy) is 1. The highest BCUT2D eigenvalue weighted by molar-refractivity contribution is 14.0. The number of rotatable bonds is 9. The third-order valence-electron chi connectivity index (χ3n) is 4.24. The molecule has 0 atom stereocenters. The highest BCUT2D eigenvalue weighted by Gasteiger charge is 2.28. The first-order valence-electron chi connectivity index (χ1n) is 9.93. The van der Waals surface area contributed by atoms with E-state index in [4.69, 9.17) is 4.74 Å². The van der Waals surface area contributed by atoms with Crippen LogP contribution in [0, 0.1) is 0 Å². The molecule has 0 aliphatic rings. The maximum Gasteiger partial charge on any atom is 0.422 e. The van der Waals surface area contributed by atoms with E-state index in [1.165, 1.54) is 6.07 Å². The second-order valence-corrected chi connectivity index (χ2v) is 6.66.